The molecule has 1 N–H and O–H groups in total. The smallest absolute Gasteiger partial charge is 0.174 e. The Labute approximate surface area is 166 Å². The lowest BCUT2D eigenvalue weighted by atomic mass is 10.1. The Kier molecular flexibility index (Phi) is 6.17. The van der Waals surface area contributed by atoms with Crippen molar-refractivity contribution in [1.29, 1.82) is 0 Å². The van der Waals surface area contributed by atoms with Crippen LogP contribution in [0, 0.1) is 20.8 Å². The number of rotatable bonds is 3. The summed E-state index contributed by atoms with van der Waals surface area (Å²) in [6.07, 6.45) is 1.11. The van der Waals surface area contributed by atoms with E-state index in [0.717, 1.165) is 48.5 Å². The molecule has 3 rings (SSSR count). The highest BCUT2D eigenvalue weighted by Gasteiger charge is 2.20. The zero-order valence-electron chi connectivity index (χ0n) is 15.7. The molecule has 1 fully saturated rings. The van der Waals surface area contributed by atoms with E-state index in [1.54, 1.807) is 0 Å². The van der Waals surface area contributed by atoms with E-state index in [0.29, 0.717) is 0 Å². The van der Waals surface area contributed by atoms with E-state index in [-0.39, 0.29) is 0 Å². The number of halogens is 1. The molecule has 0 radical (unpaired) electrons. The van der Waals surface area contributed by atoms with Crippen molar-refractivity contribution in [3.05, 3.63) is 63.7 Å². The van der Waals surface area contributed by atoms with E-state index in [4.69, 9.17) is 23.8 Å². The summed E-state index contributed by atoms with van der Waals surface area (Å²) in [5, 5.41) is 5.07. The number of hydrogen-bond donors (Lipinski definition) is 1. The summed E-state index contributed by atoms with van der Waals surface area (Å²) in [4.78, 5) is 4.67. The van der Waals surface area contributed by atoms with Gasteiger partial charge in [0, 0.05) is 30.3 Å². The monoisotopic (exact) mass is 387 g/mol. The molecule has 3 nitrogen and oxygen atoms in total. The van der Waals surface area contributed by atoms with Gasteiger partial charge in [0.15, 0.2) is 5.11 Å². The van der Waals surface area contributed by atoms with Crippen molar-refractivity contribution < 1.29 is 0 Å². The van der Waals surface area contributed by atoms with Crippen molar-refractivity contribution >= 4 is 34.6 Å². The van der Waals surface area contributed by atoms with Crippen molar-refractivity contribution in [2.45, 2.75) is 33.7 Å². The van der Waals surface area contributed by atoms with Crippen molar-refractivity contribution in [3.63, 3.8) is 0 Å². The lowest BCUT2D eigenvalue weighted by Crippen LogP contribution is -2.48. The fourth-order valence-electron chi connectivity index (χ4n) is 3.62. The SMILES string of the molecule is Cc1cc(C)c(NC(=S)N2CCCN(Cc3cccc(Cl)c3)C2)c(C)c1. The number of thiocarbonyl (C=S) groups is 1. The van der Waals surface area contributed by atoms with Crippen molar-refractivity contribution in [2.24, 2.45) is 0 Å². The van der Waals surface area contributed by atoms with Crippen LogP contribution in [0.15, 0.2) is 36.4 Å². The van der Waals surface area contributed by atoms with Gasteiger partial charge in [0.25, 0.3) is 0 Å². The molecule has 0 bridgehead atoms. The second kappa shape index (κ2) is 8.38. The summed E-state index contributed by atoms with van der Waals surface area (Å²) in [6, 6.07) is 12.5. The largest absolute Gasteiger partial charge is 0.336 e. The average molecular weight is 388 g/mol. The van der Waals surface area contributed by atoms with Crippen LogP contribution in [0.1, 0.15) is 28.7 Å². The third-order valence-electron chi connectivity index (χ3n) is 4.76. The molecule has 1 heterocycles. The number of benzene rings is 2. The van der Waals surface area contributed by atoms with E-state index in [1.165, 1.54) is 22.3 Å². The first kappa shape index (κ1) is 19.2. The third-order valence-corrected chi connectivity index (χ3v) is 5.36. The zero-order chi connectivity index (χ0) is 18.7. The third kappa shape index (κ3) is 4.76. The molecule has 2 aromatic rings. The fourth-order valence-corrected chi connectivity index (χ4v) is 4.08. The molecule has 26 heavy (non-hydrogen) atoms. The molecule has 0 unspecified atom stereocenters. The van der Waals surface area contributed by atoms with Crippen LogP contribution in [0.25, 0.3) is 0 Å². The van der Waals surface area contributed by atoms with Crippen LogP contribution in [-0.2, 0) is 6.54 Å². The maximum absolute atomic E-state index is 6.11. The van der Waals surface area contributed by atoms with Gasteiger partial charge >= 0.3 is 0 Å². The van der Waals surface area contributed by atoms with E-state index in [2.05, 4.69) is 54.1 Å². The first-order chi connectivity index (χ1) is 12.4. The van der Waals surface area contributed by atoms with Gasteiger partial charge in [-0.2, -0.15) is 0 Å². The number of nitrogens with one attached hydrogen (secondary N) is 1. The van der Waals surface area contributed by atoms with Gasteiger partial charge < -0.3 is 10.2 Å². The Morgan fingerprint density at radius 3 is 2.54 bits per heavy atom. The van der Waals surface area contributed by atoms with Gasteiger partial charge in [-0.25, -0.2) is 0 Å². The number of nitrogens with zero attached hydrogens (tertiary/aromatic N) is 2. The van der Waals surface area contributed by atoms with Crippen LogP contribution in [0.2, 0.25) is 5.02 Å². The normalized spacial score (nSPS) is 15.2. The summed E-state index contributed by atoms with van der Waals surface area (Å²) in [5.74, 6) is 0. The maximum Gasteiger partial charge on any atom is 0.174 e. The Hall–Kier alpha value is -1.62. The average Bonchev–Trinajstić information content (AvgIpc) is 2.58. The van der Waals surface area contributed by atoms with Gasteiger partial charge in [-0.1, -0.05) is 41.4 Å². The Morgan fingerprint density at radius 1 is 1.12 bits per heavy atom. The fraction of sp³-hybridized carbons (Fsp3) is 0.381. The molecule has 0 aromatic heterocycles. The molecule has 5 heteroatoms. The summed E-state index contributed by atoms with van der Waals surface area (Å²) in [7, 11) is 0. The van der Waals surface area contributed by atoms with Crippen molar-refractivity contribution in [3.8, 4) is 0 Å². The molecule has 0 saturated carbocycles. The Morgan fingerprint density at radius 2 is 1.85 bits per heavy atom. The Bertz CT molecular complexity index is 783. The van der Waals surface area contributed by atoms with Crippen LogP contribution in [0.4, 0.5) is 5.69 Å². The molecule has 1 aliphatic rings. The van der Waals surface area contributed by atoms with E-state index >= 15 is 0 Å². The lowest BCUT2D eigenvalue weighted by molar-refractivity contribution is 0.134. The lowest BCUT2D eigenvalue weighted by Gasteiger charge is -2.37. The topological polar surface area (TPSA) is 18.5 Å². The predicted octanol–water partition coefficient (Wildman–Crippen LogP) is 5.13. The number of aryl methyl sites for hydroxylation is 3. The molecule has 1 saturated heterocycles. The predicted molar refractivity (Wildman–Crippen MR) is 115 cm³/mol. The Balaban J connectivity index is 1.65. The van der Waals surface area contributed by atoms with Crippen molar-refractivity contribution in [2.75, 3.05) is 25.1 Å². The maximum atomic E-state index is 6.11. The second-order valence-corrected chi connectivity index (χ2v) is 7.97. The van der Waals surface area contributed by atoms with Crippen molar-refractivity contribution in [1.82, 2.24) is 9.80 Å². The highest BCUT2D eigenvalue weighted by molar-refractivity contribution is 7.80. The number of anilines is 1. The highest BCUT2D eigenvalue weighted by atomic mass is 35.5. The first-order valence-electron chi connectivity index (χ1n) is 9.03. The molecule has 138 valence electrons. The number of hydrogen-bond acceptors (Lipinski definition) is 2. The summed E-state index contributed by atoms with van der Waals surface area (Å²) in [5.41, 5.74) is 6.12. The minimum Gasteiger partial charge on any atom is -0.336 e. The van der Waals surface area contributed by atoms with Crippen LogP contribution in [-0.4, -0.2) is 34.7 Å². The van der Waals surface area contributed by atoms with Crippen LogP contribution >= 0.6 is 23.8 Å². The highest BCUT2D eigenvalue weighted by Crippen LogP contribution is 2.23. The summed E-state index contributed by atoms with van der Waals surface area (Å²) < 4.78 is 0. The molecular weight excluding hydrogens is 362 g/mol. The molecule has 0 atom stereocenters. The standard InChI is InChI=1S/C21H26ClN3S/c1-15-10-16(2)20(17(3)11-15)23-21(26)25-9-5-8-24(14-25)13-18-6-4-7-19(22)12-18/h4,6-7,10-12H,5,8-9,13-14H2,1-3H3,(H,23,26). The minimum atomic E-state index is 0.791. The zero-order valence-corrected chi connectivity index (χ0v) is 17.3. The van der Waals surface area contributed by atoms with E-state index in [9.17, 15) is 0 Å². The van der Waals surface area contributed by atoms with Gasteiger partial charge in [-0.15, -0.1) is 0 Å². The van der Waals surface area contributed by atoms with Gasteiger partial charge in [-0.3, -0.25) is 4.90 Å². The summed E-state index contributed by atoms with van der Waals surface area (Å²) in [6.45, 7) is 10.2. The van der Waals surface area contributed by atoms with Gasteiger partial charge in [0.05, 0.1) is 6.67 Å². The molecule has 0 aliphatic carbocycles. The molecule has 0 spiro atoms. The van der Waals surface area contributed by atoms with E-state index in [1.807, 2.05) is 18.2 Å². The first-order valence-corrected chi connectivity index (χ1v) is 9.81. The molecule has 0 amide bonds. The van der Waals surface area contributed by atoms with Crippen LogP contribution in [0.3, 0.4) is 0 Å². The van der Waals surface area contributed by atoms with Gasteiger partial charge in [0.2, 0.25) is 0 Å². The van der Waals surface area contributed by atoms with Gasteiger partial charge in [0.1, 0.15) is 0 Å². The second-order valence-electron chi connectivity index (χ2n) is 7.14. The van der Waals surface area contributed by atoms with Crippen LogP contribution < -0.4 is 5.32 Å². The van der Waals surface area contributed by atoms with Gasteiger partial charge in [-0.05, 0) is 68.2 Å². The quantitative estimate of drug-likeness (QED) is 0.735. The molecule has 2 aromatic carbocycles. The minimum absolute atomic E-state index is 0.791. The molecule has 1 aliphatic heterocycles. The molecular formula is C21H26ClN3S. The van der Waals surface area contributed by atoms with E-state index < -0.39 is 0 Å². The summed E-state index contributed by atoms with van der Waals surface area (Å²) >= 11 is 11.8. The van der Waals surface area contributed by atoms with Crippen LogP contribution in [0.5, 0.6) is 0 Å².